The molecule has 1 aromatic heterocycles. The lowest BCUT2D eigenvalue weighted by Gasteiger charge is -2.28. The van der Waals surface area contributed by atoms with Crippen molar-refractivity contribution < 1.29 is 4.92 Å². The van der Waals surface area contributed by atoms with Gasteiger partial charge in [0.05, 0.1) is 22.3 Å². The van der Waals surface area contributed by atoms with Crippen LogP contribution in [-0.4, -0.2) is 9.49 Å². The van der Waals surface area contributed by atoms with Crippen LogP contribution in [0.2, 0.25) is 0 Å². The molecule has 0 fully saturated rings. The molecule has 0 saturated heterocycles. The maximum absolute atomic E-state index is 11.2. The number of nitro benzene ring substituents is 1. The molecule has 4 aromatic rings. The van der Waals surface area contributed by atoms with E-state index >= 15 is 0 Å². The van der Waals surface area contributed by atoms with Crippen LogP contribution in [0.5, 0.6) is 0 Å². The van der Waals surface area contributed by atoms with Crippen LogP contribution in [-0.2, 0) is 6.42 Å². The minimum absolute atomic E-state index is 0.101. The molecule has 0 bridgehead atoms. The Morgan fingerprint density at radius 1 is 1.03 bits per heavy atom. The largest absolute Gasteiger partial charge is 0.309 e. The Hall–Kier alpha value is -3.51. The maximum Gasteiger partial charge on any atom is 0.269 e. The molecule has 33 heavy (non-hydrogen) atoms. The predicted octanol–water partition coefficient (Wildman–Crippen LogP) is 6.90. The Labute approximate surface area is 196 Å². The Morgan fingerprint density at radius 2 is 1.76 bits per heavy atom. The van der Waals surface area contributed by atoms with E-state index in [2.05, 4.69) is 66.3 Å². The van der Waals surface area contributed by atoms with Gasteiger partial charge < -0.3 is 4.57 Å². The number of hydrogen-bond donors (Lipinski definition) is 0. The second kappa shape index (κ2) is 8.79. The summed E-state index contributed by atoms with van der Waals surface area (Å²) < 4.78 is 2.33. The number of rotatable bonds is 4. The highest BCUT2D eigenvalue weighted by molar-refractivity contribution is 7.07. The summed E-state index contributed by atoms with van der Waals surface area (Å²) in [5.41, 5.74) is 8.16. The third-order valence-corrected chi connectivity index (χ3v) is 7.04. The lowest BCUT2D eigenvalue weighted by Crippen LogP contribution is -2.26. The fourth-order valence-corrected chi connectivity index (χ4v) is 5.75. The van der Waals surface area contributed by atoms with Crippen molar-refractivity contribution in [2.45, 2.75) is 39.2 Å². The van der Waals surface area contributed by atoms with Gasteiger partial charge in [0.15, 0.2) is 4.80 Å². The summed E-state index contributed by atoms with van der Waals surface area (Å²) in [6, 6.07) is 22.0. The molecule has 1 unspecified atom stereocenters. The van der Waals surface area contributed by atoms with Crippen molar-refractivity contribution in [1.82, 2.24) is 4.57 Å². The third-order valence-electron chi connectivity index (χ3n) is 6.20. The second-order valence-electron chi connectivity index (χ2n) is 8.64. The quantitative estimate of drug-likeness (QED) is 0.248. The smallest absolute Gasteiger partial charge is 0.269 e. The summed E-state index contributed by atoms with van der Waals surface area (Å²) in [7, 11) is 0. The zero-order valence-electron chi connectivity index (χ0n) is 18.7. The lowest BCUT2D eigenvalue weighted by atomic mass is 9.87. The van der Waals surface area contributed by atoms with Crippen molar-refractivity contribution in [3.63, 3.8) is 0 Å². The first kappa shape index (κ1) is 21.3. The van der Waals surface area contributed by atoms with Gasteiger partial charge >= 0.3 is 0 Å². The van der Waals surface area contributed by atoms with Crippen LogP contribution in [0.25, 0.3) is 11.3 Å². The van der Waals surface area contributed by atoms with Crippen LogP contribution in [0.3, 0.4) is 0 Å². The number of nitro groups is 1. The summed E-state index contributed by atoms with van der Waals surface area (Å²) >= 11 is 1.62. The zero-order chi connectivity index (χ0) is 22.9. The molecule has 5 nitrogen and oxygen atoms in total. The molecule has 1 heterocycles. The summed E-state index contributed by atoms with van der Waals surface area (Å²) in [5, 5.41) is 13.3. The Balaban J connectivity index is 1.72. The van der Waals surface area contributed by atoms with Crippen molar-refractivity contribution in [2.24, 2.45) is 4.99 Å². The molecule has 3 aromatic carbocycles. The van der Waals surface area contributed by atoms with Gasteiger partial charge in [0.1, 0.15) is 0 Å². The van der Waals surface area contributed by atoms with Gasteiger partial charge in [0, 0.05) is 17.5 Å². The van der Waals surface area contributed by atoms with Crippen LogP contribution in [0.4, 0.5) is 11.4 Å². The van der Waals surface area contributed by atoms with Crippen molar-refractivity contribution in [2.75, 3.05) is 0 Å². The SMILES string of the molecule is Cc1cc(C)cc(N=c2scc(-c3ccc([N+](=O)[O-])cc3)n2C2CCCc3ccccc32)c1. The van der Waals surface area contributed by atoms with E-state index in [-0.39, 0.29) is 16.7 Å². The second-order valence-corrected chi connectivity index (χ2v) is 9.48. The molecule has 1 aliphatic rings. The predicted molar refractivity (Wildman–Crippen MR) is 133 cm³/mol. The number of aryl methyl sites for hydroxylation is 3. The van der Waals surface area contributed by atoms with Gasteiger partial charge in [-0.05, 0) is 85.2 Å². The number of nitrogens with zero attached hydrogens (tertiary/aromatic N) is 3. The minimum Gasteiger partial charge on any atom is -0.309 e. The first-order chi connectivity index (χ1) is 16.0. The van der Waals surface area contributed by atoms with E-state index < -0.39 is 0 Å². The van der Waals surface area contributed by atoms with Gasteiger partial charge in [0.2, 0.25) is 0 Å². The van der Waals surface area contributed by atoms with Crippen molar-refractivity contribution in [3.8, 4) is 11.3 Å². The molecular weight excluding hydrogens is 430 g/mol. The van der Waals surface area contributed by atoms with Crippen LogP contribution < -0.4 is 4.80 Å². The summed E-state index contributed by atoms with van der Waals surface area (Å²) in [4.78, 5) is 16.8. The highest BCUT2D eigenvalue weighted by Gasteiger charge is 2.25. The normalized spacial score (nSPS) is 15.9. The molecule has 0 aliphatic heterocycles. The first-order valence-corrected chi connectivity index (χ1v) is 12.0. The van der Waals surface area contributed by atoms with Crippen molar-refractivity contribution >= 4 is 22.7 Å². The Bertz CT molecular complexity index is 1380. The van der Waals surface area contributed by atoms with Crippen LogP contribution in [0, 0.1) is 24.0 Å². The van der Waals surface area contributed by atoms with Crippen molar-refractivity contribution in [1.29, 1.82) is 0 Å². The summed E-state index contributed by atoms with van der Waals surface area (Å²) in [6.07, 6.45) is 3.24. The van der Waals surface area contributed by atoms with Gasteiger partial charge in [-0.15, -0.1) is 11.3 Å². The molecule has 166 valence electrons. The number of hydrogen-bond acceptors (Lipinski definition) is 4. The maximum atomic E-state index is 11.2. The first-order valence-electron chi connectivity index (χ1n) is 11.2. The summed E-state index contributed by atoms with van der Waals surface area (Å²) in [5.74, 6) is 0. The minimum atomic E-state index is -0.357. The number of fused-ring (bicyclic) bond motifs is 1. The number of aromatic nitrogens is 1. The average Bonchev–Trinajstić information content (AvgIpc) is 3.21. The van der Waals surface area contributed by atoms with E-state index in [1.54, 1.807) is 23.5 Å². The molecule has 0 amide bonds. The zero-order valence-corrected chi connectivity index (χ0v) is 19.5. The molecule has 0 spiro atoms. The van der Waals surface area contributed by atoms with Gasteiger partial charge in [-0.1, -0.05) is 30.3 Å². The molecule has 1 atom stereocenters. The molecule has 0 saturated carbocycles. The number of thiazole rings is 1. The van der Waals surface area contributed by atoms with Crippen LogP contribution in [0.1, 0.15) is 41.1 Å². The highest BCUT2D eigenvalue weighted by Crippen LogP contribution is 2.36. The van der Waals surface area contributed by atoms with E-state index in [9.17, 15) is 10.1 Å². The van der Waals surface area contributed by atoms with Gasteiger partial charge in [0.25, 0.3) is 5.69 Å². The van der Waals surface area contributed by atoms with Crippen LogP contribution in [0.15, 0.2) is 77.1 Å². The van der Waals surface area contributed by atoms with Crippen LogP contribution >= 0.6 is 11.3 Å². The Morgan fingerprint density at radius 3 is 2.48 bits per heavy atom. The van der Waals surface area contributed by atoms with E-state index in [0.717, 1.165) is 41.0 Å². The van der Waals surface area contributed by atoms with Gasteiger partial charge in [-0.2, -0.15) is 0 Å². The van der Waals surface area contributed by atoms with Crippen molar-refractivity contribution in [3.05, 3.63) is 109 Å². The molecule has 0 N–H and O–H groups in total. The number of benzene rings is 3. The molecular formula is C27H25N3O2S. The average molecular weight is 456 g/mol. The fourth-order valence-electron chi connectivity index (χ4n) is 4.79. The van der Waals surface area contributed by atoms with E-state index in [1.807, 2.05) is 12.1 Å². The summed E-state index contributed by atoms with van der Waals surface area (Å²) in [6.45, 7) is 4.18. The molecule has 0 radical (unpaired) electrons. The van der Waals surface area contributed by atoms with Gasteiger partial charge in [-0.25, -0.2) is 4.99 Å². The lowest BCUT2D eigenvalue weighted by molar-refractivity contribution is -0.384. The van der Waals surface area contributed by atoms with Gasteiger partial charge in [-0.3, -0.25) is 10.1 Å². The molecule has 1 aliphatic carbocycles. The third kappa shape index (κ3) is 4.26. The number of non-ortho nitro benzene ring substituents is 1. The van der Waals surface area contributed by atoms with E-state index in [1.165, 1.54) is 22.3 Å². The Kier molecular flexibility index (Phi) is 5.68. The molecule has 6 heteroatoms. The highest BCUT2D eigenvalue weighted by atomic mass is 32.1. The van der Waals surface area contributed by atoms with E-state index in [4.69, 9.17) is 4.99 Å². The van der Waals surface area contributed by atoms with E-state index in [0.29, 0.717) is 0 Å². The topological polar surface area (TPSA) is 60.4 Å². The molecule has 5 rings (SSSR count). The monoisotopic (exact) mass is 455 g/mol. The standard InChI is InChI=1S/C27H25N3O2S/c1-18-14-19(2)16-22(15-18)28-27-29(25-9-5-7-20-6-3-4-8-24(20)25)26(17-33-27)21-10-12-23(13-11-21)30(31)32/h3-4,6,8,10-17,25H,5,7,9H2,1-2H3. The fraction of sp³-hybridized carbons (Fsp3) is 0.222.